The van der Waals surface area contributed by atoms with E-state index in [2.05, 4.69) is 22.2 Å². The van der Waals surface area contributed by atoms with E-state index in [4.69, 9.17) is 0 Å². The molecule has 0 atom stereocenters. The Hall–Kier alpha value is -2.68. The predicted molar refractivity (Wildman–Crippen MR) is 79.1 cm³/mol. The number of hydrogen-bond donors (Lipinski definition) is 0. The molecule has 0 aliphatic heterocycles. The van der Waals surface area contributed by atoms with Crippen LogP contribution < -0.4 is 0 Å². The molecule has 3 heteroatoms. The van der Waals surface area contributed by atoms with Gasteiger partial charge in [0.15, 0.2) is 0 Å². The molecule has 1 aromatic heterocycles. The van der Waals surface area contributed by atoms with Gasteiger partial charge < -0.3 is 0 Å². The molecular weight excluding hydrogens is 234 g/mol. The molecule has 0 radical (unpaired) electrons. The molecule has 19 heavy (non-hydrogen) atoms. The monoisotopic (exact) mass is 247 g/mol. The first kappa shape index (κ1) is 11.4. The van der Waals surface area contributed by atoms with Crippen molar-refractivity contribution in [3.8, 4) is 0 Å². The van der Waals surface area contributed by atoms with Gasteiger partial charge in [-0.2, -0.15) is 5.10 Å². The molecular formula is C16H13N3. The Balaban J connectivity index is 1.78. The van der Waals surface area contributed by atoms with E-state index >= 15 is 0 Å². The Morgan fingerprint density at radius 2 is 1.74 bits per heavy atom. The van der Waals surface area contributed by atoms with Gasteiger partial charge >= 0.3 is 0 Å². The zero-order valence-corrected chi connectivity index (χ0v) is 10.3. The van der Waals surface area contributed by atoms with E-state index in [1.165, 1.54) is 0 Å². The molecule has 0 saturated carbocycles. The van der Waals surface area contributed by atoms with E-state index in [9.17, 15) is 0 Å². The Kier molecular flexibility index (Phi) is 3.19. The van der Waals surface area contributed by atoms with E-state index < -0.39 is 0 Å². The number of fused-ring (bicyclic) bond motifs is 1. The number of hydrogen-bond acceptors (Lipinski definition) is 2. The molecule has 2 aromatic carbocycles. The zero-order chi connectivity index (χ0) is 12.9. The Morgan fingerprint density at radius 1 is 0.947 bits per heavy atom. The summed E-state index contributed by atoms with van der Waals surface area (Å²) < 4.78 is 1.77. The Labute approximate surface area is 111 Å². The summed E-state index contributed by atoms with van der Waals surface area (Å²) in [5, 5.41) is 4.35. The molecule has 0 N–H and O–H groups in total. The summed E-state index contributed by atoms with van der Waals surface area (Å²) in [5.41, 5.74) is 3.11. The third-order valence-corrected chi connectivity index (χ3v) is 2.80. The van der Waals surface area contributed by atoms with Crippen molar-refractivity contribution in [3.63, 3.8) is 0 Å². The predicted octanol–water partition coefficient (Wildman–Crippen LogP) is 3.58. The molecule has 0 aliphatic carbocycles. The van der Waals surface area contributed by atoms with Crippen LogP contribution in [-0.2, 0) is 0 Å². The molecule has 3 aromatic rings. The number of para-hydroxylation sites is 2. The van der Waals surface area contributed by atoms with Gasteiger partial charge in [0.25, 0.3) is 0 Å². The van der Waals surface area contributed by atoms with Gasteiger partial charge in [-0.1, -0.05) is 48.5 Å². The first-order chi connectivity index (χ1) is 9.43. The molecule has 3 rings (SSSR count). The van der Waals surface area contributed by atoms with Crippen LogP contribution in [0, 0.1) is 0 Å². The fourth-order valence-corrected chi connectivity index (χ4v) is 1.87. The third-order valence-electron chi connectivity index (χ3n) is 2.80. The summed E-state index contributed by atoms with van der Waals surface area (Å²) in [6.07, 6.45) is 7.42. The maximum atomic E-state index is 4.35. The molecule has 92 valence electrons. The van der Waals surface area contributed by atoms with Crippen LogP contribution in [-0.4, -0.2) is 15.9 Å². The average molecular weight is 247 g/mol. The van der Waals surface area contributed by atoms with Gasteiger partial charge in [-0.3, -0.25) is 0 Å². The van der Waals surface area contributed by atoms with Crippen molar-refractivity contribution in [2.24, 2.45) is 5.10 Å². The summed E-state index contributed by atoms with van der Waals surface area (Å²) in [7, 11) is 0. The van der Waals surface area contributed by atoms with Gasteiger partial charge in [-0.15, -0.1) is 0 Å². The van der Waals surface area contributed by atoms with Crippen LogP contribution in [0.2, 0.25) is 0 Å². The number of benzene rings is 2. The molecule has 0 spiro atoms. The second-order valence-corrected chi connectivity index (χ2v) is 4.11. The highest BCUT2D eigenvalue weighted by Gasteiger charge is 1.97. The highest BCUT2D eigenvalue weighted by atomic mass is 15.4. The highest BCUT2D eigenvalue weighted by molar-refractivity contribution is 5.80. The standard InChI is InChI=1S/C16H13N3/c1-2-7-14(8-3-1)9-6-12-18-19-13-17-15-10-4-5-11-16(15)19/h1-13H/b9-6+,18-12-. The minimum absolute atomic E-state index is 0.951. The molecule has 0 amide bonds. The van der Waals surface area contributed by atoms with Crippen LogP contribution in [0.15, 0.2) is 72.1 Å². The van der Waals surface area contributed by atoms with Gasteiger partial charge in [-0.05, 0) is 23.8 Å². The number of allylic oxidation sites excluding steroid dienone is 1. The molecule has 0 saturated heterocycles. The van der Waals surface area contributed by atoms with E-state index in [1.54, 1.807) is 17.2 Å². The second-order valence-electron chi connectivity index (χ2n) is 4.11. The molecule has 3 nitrogen and oxygen atoms in total. The molecule has 0 unspecified atom stereocenters. The lowest BCUT2D eigenvalue weighted by molar-refractivity contribution is 0.915. The fraction of sp³-hybridized carbons (Fsp3) is 0. The average Bonchev–Trinajstić information content (AvgIpc) is 2.88. The largest absolute Gasteiger partial charge is 0.235 e. The van der Waals surface area contributed by atoms with E-state index in [1.807, 2.05) is 54.6 Å². The van der Waals surface area contributed by atoms with Crippen molar-refractivity contribution in [2.75, 3.05) is 0 Å². The minimum atomic E-state index is 0.951. The van der Waals surface area contributed by atoms with Crippen molar-refractivity contribution in [3.05, 3.63) is 72.6 Å². The first-order valence-electron chi connectivity index (χ1n) is 6.12. The van der Waals surface area contributed by atoms with Crippen LogP contribution in [0.4, 0.5) is 0 Å². The summed E-state index contributed by atoms with van der Waals surface area (Å²) in [6, 6.07) is 18.1. The Morgan fingerprint density at radius 3 is 2.63 bits per heavy atom. The Bertz CT molecular complexity index is 724. The number of imidazole rings is 1. The van der Waals surface area contributed by atoms with Crippen LogP contribution in [0.3, 0.4) is 0 Å². The van der Waals surface area contributed by atoms with Crippen molar-refractivity contribution in [2.45, 2.75) is 0 Å². The van der Waals surface area contributed by atoms with E-state index in [0.29, 0.717) is 0 Å². The number of aromatic nitrogens is 2. The SMILES string of the molecule is C(/C=C/c1ccccc1)=N/n1cnc2ccccc21. The molecule has 1 heterocycles. The first-order valence-corrected chi connectivity index (χ1v) is 6.12. The summed E-state index contributed by atoms with van der Waals surface area (Å²) >= 11 is 0. The van der Waals surface area contributed by atoms with Crippen LogP contribution in [0.5, 0.6) is 0 Å². The van der Waals surface area contributed by atoms with Crippen molar-refractivity contribution < 1.29 is 0 Å². The van der Waals surface area contributed by atoms with Crippen molar-refractivity contribution >= 4 is 23.3 Å². The smallest absolute Gasteiger partial charge is 0.118 e. The lowest BCUT2D eigenvalue weighted by Gasteiger charge is -1.93. The van der Waals surface area contributed by atoms with Crippen LogP contribution in [0.1, 0.15) is 5.56 Å². The summed E-state index contributed by atoms with van der Waals surface area (Å²) in [4.78, 5) is 4.28. The number of rotatable bonds is 3. The van der Waals surface area contributed by atoms with Gasteiger partial charge in [0.1, 0.15) is 6.33 Å². The number of nitrogens with zero attached hydrogens (tertiary/aromatic N) is 3. The third kappa shape index (κ3) is 2.60. The van der Waals surface area contributed by atoms with Gasteiger partial charge in [0, 0.05) is 6.21 Å². The van der Waals surface area contributed by atoms with E-state index in [-0.39, 0.29) is 0 Å². The lowest BCUT2D eigenvalue weighted by Crippen LogP contribution is -1.85. The van der Waals surface area contributed by atoms with E-state index in [0.717, 1.165) is 16.6 Å². The minimum Gasteiger partial charge on any atom is -0.235 e. The lowest BCUT2D eigenvalue weighted by atomic mass is 10.2. The normalized spacial score (nSPS) is 11.8. The topological polar surface area (TPSA) is 30.2 Å². The zero-order valence-electron chi connectivity index (χ0n) is 10.3. The fourth-order valence-electron chi connectivity index (χ4n) is 1.87. The molecule has 0 bridgehead atoms. The molecule has 0 fully saturated rings. The summed E-state index contributed by atoms with van der Waals surface area (Å²) in [6.45, 7) is 0. The van der Waals surface area contributed by atoms with Crippen LogP contribution >= 0.6 is 0 Å². The van der Waals surface area contributed by atoms with Crippen molar-refractivity contribution in [1.82, 2.24) is 9.66 Å². The second kappa shape index (κ2) is 5.31. The van der Waals surface area contributed by atoms with Gasteiger partial charge in [-0.25, -0.2) is 9.66 Å². The van der Waals surface area contributed by atoms with Gasteiger partial charge in [0.05, 0.1) is 11.0 Å². The maximum Gasteiger partial charge on any atom is 0.118 e. The molecule has 0 aliphatic rings. The quantitative estimate of drug-likeness (QED) is 0.650. The summed E-state index contributed by atoms with van der Waals surface area (Å²) in [5.74, 6) is 0. The van der Waals surface area contributed by atoms with Gasteiger partial charge in [0.2, 0.25) is 0 Å². The van der Waals surface area contributed by atoms with Crippen molar-refractivity contribution in [1.29, 1.82) is 0 Å². The highest BCUT2D eigenvalue weighted by Crippen LogP contribution is 2.10. The van der Waals surface area contributed by atoms with Crippen LogP contribution in [0.25, 0.3) is 17.1 Å². The maximum absolute atomic E-state index is 4.35.